The highest BCUT2D eigenvalue weighted by molar-refractivity contribution is 8.07. The van der Waals surface area contributed by atoms with Crippen LogP contribution in [0.25, 0.3) is 11.0 Å². The lowest BCUT2D eigenvalue weighted by Gasteiger charge is -2.30. The van der Waals surface area contributed by atoms with Crippen LogP contribution in [0.4, 0.5) is 5.82 Å². The Hall–Kier alpha value is -1.13. The highest BCUT2D eigenvalue weighted by Crippen LogP contribution is 2.52. The first kappa shape index (κ1) is 14.5. The third-order valence-electron chi connectivity index (χ3n) is 3.78. The van der Waals surface area contributed by atoms with E-state index in [9.17, 15) is 10.00 Å². The van der Waals surface area contributed by atoms with E-state index < -0.39 is 31.3 Å². The molecule has 5 atom stereocenters. The topological polar surface area (TPSA) is 125 Å². The lowest BCUT2D eigenvalue weighted by Crippen LogP contribution is -2.39. The number of aromatic nitrogens is 3. The van der Waals surface area contributed by atoms with Crippen molar-refractivity contribution in [2.75, 3.05) is 12.3 Å². The molecule has 11 heteroatoms. The molecule has 0 spiro atoms. The van der Waals surface area contributed by atoms with E-state index in [4.69, 9.17) is 31.3 Å². The fourth-order valence-corrected chi connectivity index (χ4v) is 4.21. The van der Waals surface area contributed by atoms with E-state index in [1.54, 1.807) is 16.8 Å². The van der Waals surface area contributed by atoms with Crippen molar-refractivity contribution < 1.29 is 23.8 Å². The number of fused-ring (bicyclic) bond motifs is 2. The van der Waals surface area contributed by atoms with Gasteiger partial charge in [0.15, 0.2) is 6.23 Å². The molecule has 1 unspecified atom stereocenters. The Kier molecular flexibility index (Phi) is 3.24. The van der Waals surface area contributed by atoms with E-state index >= 15 is 0 Å². The maximum atomic E-state index is 10.5. The van der Waals surface area contributed by atoms with E-state index in [1.807, 2.05) is 0 Å². The van der Waals surface area contributed by atoms with E-state index in [2.05, 4.69) is 9.97 Å². The van der Waals surface area contributed by atoms with Crippen LogP contribution in [0, 0.1) is 0 Å². The van der Waals surface area contributed by atoms with Crippen molar-refractivity contribution in [2.45, 2.75) is 24.5 Å². The molecule has 2 saturated heterocycles. The van der Waals surface area contributed by atoms with Gasteiger partial charge >= 0.3 is 6.72 Å². The lowest BCUT2D eigenvalue weighted by molar-refractivity contribution is -0.0591. The van der Waals surface area contributed by atoms with Crippen LogP contribution in [0.3, 0.4) is 0 Å². The predicted octanol–water partition coefficient (Wildman–Crippen LogP) is -0.0960. The molecular formula is C11H13N4O5PS. The summed E-state index contributed by atoms with van der Waals surface area (Å²) in [6.45, 7) is -3.24. The summed E-state index contributed by atoms with van der Waals surface area (Å²) in [6, 6.07) is 1.75. The normalized spacial score (nSPS) is 38.3. The Morgan fingerprint density at radius 1 is 1.45 bits per heavy atom. The average molecular weight is 344 g/mol. The molecule has 22 heavy (non-hydrogen) atoms. The Bertz CT molecular complexity index is 785. The molecule has 2 aromatic heterocycles. The molecule has 0 saturated carbocycles. The van der Waals surface area contributed by atoms with Gasteiger partial charge in [-0.25, -0.2) is 9.97 Å². The standard InChI is InChI=1S/C11H13N4O5PS/c12-9-5-1-2-15(10(5)14-4-13-9)11-7(16)8-6(19-11)3-18-21(17,22)20-8/h1-2,4,6-8,11,16H,3H2,(H,17,22)(H2,12,13,14)/t6-,7-,8-,11-,21?/m1/s1. The molecule has 118 valence electrons. The van der Waals surface area contributed by atoms with E-state index in [0.29, 0.717) is 16.9 Å². The zero-order chi connectivity index (χ0) is 15.5. The Balaban J connectivity index is 1.71. The van der Waals surface area contributed by atoms with Gasteiger partial charge in [-0.15, -0.1) is 0 Å². The van der Waals surface area contributed by atoms with Gasteiger partial charge in [-0.05, 0) is 17.9 Å². The monoisotopic (exact) mass is 344 g/mol. The summed E-state index contributed by atoms with van der Waals surface area (Å²) in [5, 5.41) is 11.1. The number of hydrogen-bond acceptors (Lipinski definition) is 8. The number of nitrogen functional groups attached to an aromatic ring is 1. The predicted molar refractivity (Wildman–Crippen MR) is 79.2 cm³/mol. The van der Waals surface area contributed by atoms with Crippen LogP contribution in [-0.2, 0) is 25.6 Å². The van der Waals surface area contributed by atoms with Crippen molar-refractivity contribution in [3.05, 3.63) is 18.6 Å². The number of nitrogens with two attached hydrogens (primary N) is 1. The molecule has 4 heterocycles. The molecule has 2 fully saturated rings. The number of rotatable bonds is 1. The van der Waals surface area contributed by atoms with Crippen molar-refractivity contribution in [3.63, 3.8) is 0 Å². The second-order valence-corrected chi connectivity index (χ2v) is 7.90. The molecule has 2 aliphatic heterocycles. The van der Waals surface area contributed by atoms with Gasteiger partial charge in [0.1, 0.15) is 36.1 Å². The Morgan fingerprint density at radius 3 is 3.09 bits per heavy atom. The van der Waals surface area contributed by atoms with Crippen molar-refractivity contribution in [2.24, 2.45) is 0 Å². The average Bonchev–Trinajstić information content (AvgIpc) is 3.01. The summed E-state index contributed by atoms with van der Waals surface area (Å²) in [6.07, 6.45) is 0.0340. The van der Waals surface area contributed by atoms with Crippen LogP contribution in [0.5, 0.6) is 0 Å². The van der Waals surface area contributed by atoms with E-state index in [1.165, 1.54) is 6.33 Å². The fraction of sp³-hybridized carbons (Fsp3) is 0.455. The molecule has 0 aromatic carbocycles. The third-order valence-corrected chi connectivity index (χ3v) is 5.34. The number of ether oxygens (including phenoxy) is 1. The summed E-state index contributed by atoms with van der Waals surface area (Å²) in [4.78, 5) is 17.8. The van der Waals surface area contributed by atoms with Crippen LogP contribution >= 0.6 is 6.72 Å². The van der Waals surface area contributed by atoms with Crippen LogP contribution in [-0.4, -0.2) is 49.5 Å². The summed E-state index contributed by atoms with van der Waals surface area (Å²) in [5.41, 5.74) is 6.34. The molecule has 0 amide bonds. The molecule has 4 rings (SSSR count). The minimum atomic E-state index is -3.31. The van der Waals surface area contributed by atoms with Crippen LogP contribution in [0.15, 0.2) is 18.6 Å². The van der Waals surface area contributed by atoms with Gasteiger partial charge < -0.3 is 29.6 Å². The molecule has 4 N–H and O–H groups in total. The largest absolute Gasteiger partial charge is 0.386 e. The second-order valence-electron chi connectivity index (χ2n) is 5.11. The van der Waals surface area contributed by atoms with Crippen molar-refractivity contribution in [3.8, 4) is 0 Å². The Morgan fingerprint density at radius 2 is 2.27 bits per heavy atom. The van der Waals surface area contributed by atoms with Gasteiger partial charge in [0, 0.05) is 6.20 Å². The number of aliphatic hydroxyl groups is 1. The molecule has 0 aliphatic carbocycles. The first-order valence-electron chi connectivity index (χ1n) is 6.52. The first-order valence-corrected chi connectivity index (χ1v) is 9.12. The SMILES string of the molecule is Nc1ncnc2c1ccn2[C@@H]1O[C@@H]2COP(O)(=S)O[C@H]2[C@H]1O. The summed E-state index contributed by atoms with van der Waals surface area (Å²) < 4.78 is 17.8. The zero-order valence-electron chi connectivity index (χ0n) is 11.1. The molecule has 2 aromatic rings. The van der Waals surface area contributed by atoms with Gasteiger partial charge in [0.25, 0.3) is 0 Å². The number of anilines is 1. The smallest absolute Gasteiger partial charge is 0.325 e. The van der Waals surface area contributed by atoms with E-state index in [-0.39, 0.29) is 6.61 Å². The first-order chi connectivity index (χ1) is 10.5. The Labute approximate surface area is 129 Å². The van der Waals surface area contributed by atoms with Gasteiger partial charge in [-0.3, -0.25) is 4.52 Å². The van der Waals surface area contributed by atoms with Crippen LogP contribution in [0.2, 0.25) is 0 Å². The fourth-order valence-electron chi connectivity index (χ4n) is 2.76. The van der Waals surface area contributed by atoms with E-state index in [0.717, 1.165) is 0 Å². The van der Waals surface area contributed by atoms with Crippen LogP contribution < -0.4 is 5.73 Å². The minimum Gasteiger partial charge on any atom is -0.386 e. The van der Waals surface area contributed by atoms with Gasteiger partial charge in [0.2, 0.25) is 0 Å². The molecule has 0 radical (unpaired) electrons. The maximum absolute atomic E-state index is 10.5. The highest BCUT2D eigenvalue weighted by Gasteiger charge is 2.51. The van der Waals surface area contributed by atoms with Crippen molar-refractivity contribution in [1.29, 1.82) is 0 Å². The van der Waals surface area contributed by atoms with Gasteiger partial charge in [0.05, 0.1) is 12.0 Å². The molecule has 0 bridgehead atoms. The molecular weight excluding hydrogens is 331 g/mol. The molecule has 9 nitrogen and oxygen atoms in total. The lowest BCUT2D eigenvalue weighted by atomic mass is 10.1. The zero-order valence-corrected chi connectivity index (χ0v) is 12.9. The quantitative estimate of drug-likeness (QED) is 0.608. The molecule has 2 aliphatic rings. The van der Waals surface area contributed by atoms with Crippen molar-refractivity contribution in [1.82, 2.24) is 14.5 Å². The van der Waals surface area contributed by atoms with Crippen molar-refractivity contribution >= 4 is 35.4 Å². The summed E-state index contributed by atoms with van der Waals surface area (Å²) in [7, 11) is 0. The number of nitrogens with zero attached hydrogens (tertiary/aromatic N) is 3. The number of hydrogen-bond donors (Lipinski definition) is 3. The number of aliphatic hydroxyl groups excluding tert-OH is 1. The third kappa shape index (κ3) is 2.16. The van der Waals surface area contributed by atoms with Crippen LogP contribution in [0.1, 0.15) is 6.23 Å². The summed E-state index contributed by atoms with van der Waals surface area (Å²) >= 11 is 4.82. The maximum Gasteiger partial charge on any atom is 0.325 e. The highest BCUT2D eigenvalue weighted by atomic mass is 32.5. The second kappa shape index (κ2) is 4.93. The summed E-state index contributed by atoms with van der Waals surface area (Å²) in [5.74, 6) is 0.346. The van der Waals surface area contributed by atoms with Gasteiger partial charge in [-0.1, -0.05) is 0 Å². The van der Waals surface area contributed by atoms with Gasteiger partial charge in [-0.2, -0.15) is 0 Å². The minimum absolute atomic E-state index is 0.0718.